The lowest BCUT2D eigenvalue weighted by atomic mass is 10.5. The van der Waals surface area contributed by atoms with Gasteiger partial charge in [-0.15, -0.1) is 0 Å². The maximum atomic E-state index is 5.10. The van der Waals surface area contributed by atoms with Crippen LogP contribution in [0, 0.1) is 0 Å². The van der Waals surface area contributed by atoms with Gasteiger partial charge in [-0.05, 0) is 0 Å². The van der Waals surface area contributed by atoms with Crippen LogP contribution in [0.25, 0.3) is 0 Å². The fraction of sp³-hybridized carbons (Fsp3) is 1.00. The van der Waals surface area contributed by atoms with Crippen LogP contribution >= 0.6 is 0 Å². The van der Waals surface area contributed by atoms with Crippen molar-refractivity contribution in [3.63, 3.8) is 0 Å². The van der Waals surface area contributed by atoms with Crippen LogP contribution in [-0.4, -0.2) is 31.3 Å². The number of hydrazine groups is 3. The smallest absolute Gasteiger partial charge is 0.0608 e. The number of nitrogens with zero attached hydrogens (tertiary/aromatic N) is 1. The van der Waals surface area contributed by atoms with Gasteiger partial charge < -0.3 is 4.74 Å². The first-order valence-corrected chi connectivity index (χ1v) is 2.97. The van der Waals surface area contributed by atoms with Gasteiger partial charge in [-0.1, -0.05) is 0 Å². The zero-order valence-corrected chi connectivity index (χ0v) is 5.26. The summed E-state index contributed by atoms with van der Waals surface area (Å²) in [5, 5.41) is 1.96. The minimum Gasteiger partial charge on any atom is -0.379 e. The first-order valence-electron chi connectivity index (χ1n) is 2.97. The molecule has 9 heavy (non-hydrogen) atoms. The molecule has 0 aromatic carbocycles. The van der Waals surface area contributed by atoms with Crippen LogP contribution in [0.15, 0.2) is 0 Å². The predicted molar refractivity (Wildman–Crippen MR) is 32.9 cm³/mol. The van der Waals surface area contributed by atoms with Crippen LogP contribution in [-0.2, 0) is 4.74 Å². The van der Waals surface area contributed by atoms with Gasteiger partial charge in [0, 0.05) is 13.1 Å². The second-order valence-electron chi connectivity index (χ2n) is 1.86. The molecule has 1 aliphatic heterocycles. The lowest BCUT2D eigenvalue weighted by Crippen LogP contribution is -2.54. The second kappa shape index (κ2) is 3.76. The van der Waals surface area contributed by atoms with Crippen molar-refractivity contribution >= 4 is 0 Å². The molecule has 0 atom stereocenters. The molecular formula is C4H12N4O. The van der Waals surface area contributed by atoms with Crippen LogP contribution in [0.1, 0.15) is 0 Å². The molecule has 0 spiro atoms. The number of nitrogens with one attached hydrogen (secondary N) is 2. The van der Waals surface area contributed by atoms with Crippen LogP contribution < -0.4 is 16.9 Å². The highest BCUT2D eigenvalue weighted by atomic mass is 16.5. The Morgan fingerprint density at radius 1 is 1.33 bits per heavy atom. The minimum atomic E-state index is 0.772. The summed E-state index contributed by atoms with van der Waals surface area (Å²) in [7, 11) is 0. The molecule has 0 unspecified atom stereocenters. The molecule has 0 bridgehead atoms. The Bertz CT molecular complexity index is 70.2. The van der Waals surface area contributed by atoms with Crippen LogP contribution in [0.3, 0.4) is 0 Å². The van der Waals surface area contributed by atoms with Crippen molar-refractivity contribution in [1.29, 1.82) is 0 Å². The zero-order valence-electron chi connectivity index (χ0n) is 5.26. The fourth-order valence-corrected chi connectivity index (χ4v) is 0.766. The van der Waals surface area contributed by atoms with E-state index in [9.17, 15) is 0 Å². The summed E-state index contributed by atoms with van der Waals surface area (Å²) in [6, 6.07) is 0. The Morgan fingerprint density at radius 2 is 2.00 bits per heavy atom. The zero-order chi connectivity index (χ0) is 6.53. The van der Waals surface area contributed by atoms with Crippen LogP contribution in [0.2, 0.25) is 0 Å². The number of hydrogen-bond donors (Lipinski definition) is 3. The summed E-state index contributed by atoms with van der Waals surface area (Å²) in [6.45, 7) is 3.30. The van der Waals surface area contributed by atoms with E-state index in [4.69, 9.17) is 10.6 Å². The Labute approximate surface area is 54.1 Å². The average Bonchev–Trinajstić information content (AvgIpc) is 1.91. The maximum absolute atomic E-state index is 5.10. The van der Waals surface area contributed by atoms with Gasteiger partial charge in [0.1, 0.15) is 0 Å². The normalized spacial score (nSPS) is 22.3. The van der Waals surface area contributed by atoms with E-state index in [0.717, 1.165) is 26.3 Å². The van der Waals surface area contributed by atoms with E-state index >= 15 is 0 Å². The van der Waals surface area contributed by atoms with E-state index < -0.39 is 0 Å². The maximum Gasteiger partial charge on any atom is 0.0608 e. The van der Waals surface area contributed by atoms with Gasteiger partial charge in [0.25, 0.3) is 0 Å². The number of rotatable bonds is 2. The third kappa shape index (κ3) is 2.25. The molecule has 0 aliphatic carbocycles. The summed E-state index contributed by atoms with van der Waals surface area (Å²) < 4.78 is 5.10. The third-order valence-corrected chi connectivity index (χ3v) is 1.23. The molecular weight excluding hydrogens is 120 g/mol. The van der Waals surface area contributed by atoms with E-state index in [1.165, 1.54) is 0 Å². The highest BCUT2D eigenvalue weighted by Gasteiger charge is 2.07. The van der Waals surface area contributed by atoms with E-state index in [1.807, 2.05) is 5.01 Å². The summed E-state index contributed by atoms with van der Waals surface area (Å²) in [6.07, 6.45) is 0. The van der Waals surface area contributed by atoms with Gasteiger partial charge in [-0.2, -0.15) is 11.1 Å². The van der Waals surface area contributed by atoms with Crippen molar-refractivity contribution in [2.45, 2.75) is 0 Å². The molecule has 54 valence electrons. The monoisotopic (exact) mass is 132 g/mol. The van der Waals surface area contributed by atoms with Gasteiger partial charge in [-0.25, -0.2) is 5.01 Å². The van der Waals surface area contributed by atoms with Crippen molar-refractivity contribution < 1.29 is 4.74 Å². The summed E-state index contributed by atoms with van der Waals surface area (Å²) in [5.74, 6) is 5.02. The Kier molecular flexibility index (Phi) is 2.88. The molecule has 0 amide bonds. The molecule has 1 fully saturated rings. The Balaban J connectivity index is 2.08. The minimum absolute atomic E-state index is 0.772. The molecule has 0 aromatic rings. The summed E-state index contributed by atoms with van der Waals surface area (Å²) in [4.78, 5) is 0. The van der Waals surface area contributed by atoms with E-state index in [-0.39, 0.29) is 0 Å². The lowest BCUT2D eigenvalue weighted by molar-refractivity contribution is 0.00160. The Hall–Kier alpha value is -0.200. The van der Waals surface area contributed by atoms with E-state index in [0.29, 0.717) is 0 Å². The summed E-state index contributed by atoms with van der Waals surface area (Å²) >= 11 is 0. The van der Waals surface area contributed by atoms with E-state index in [1.54, 1.807) is 0 Å². The molecule has 4 N–H and O–H groups in total. The van der Waals surface area contributed by atoms with Crippen molar-refractivity contribution in [2.75, 3.05) is 26.3 Å². The number of ether oxygens (including phenoxy) is 1. The molecule has 0 saturated carbocycles. The number of hydrogen-bond acceptors (Lipinski definition) is 5. The molecule has 0 radical (unpaired) electrons. The predicted octanol–water partition coefficient (Wildman–Crippen LogP) is -1.80. The number of morpholine rings is 1. The Morgan fingerprint density at radius 3 is 2.56 bits per heavy atom. The van der Waals surface area contributed by atoms with Gasteiger partial charge in [-0.3, -0.25) is 5.84 Å². The van der Waals surface area contributed by atoms with Gasteiger partial charge >= 0.3 is 0 Å². The molecule has 5 nitrogen and oxygen atoms in total. The second-order valence-corrected chi connectivity index (χ2v) is 1.86. The van der Waals surface area contributed by atoms with E-state index in [2.05, 4.69) is 11.1 Å². The molecule has 1 saturated heterocycles. The largest absolute Gasteiger partial charge is 0.379 e. The molecule has 5 heteroatoms. The van der Waals surface area contributed by atoms with Crippen LogP contribution in [0.4, 0.5) is 0 Å². The number of nitrogens with two attached hydrogens (primary N) is 1. The standard InChI is InChI=1S/C4H12N4O/c5-6-7-8-1-3-9-4-2-8/h6-7H,1-5H2. The third-order valence-electron chi connectivity index (χ3n) is 1.23. The summed E-state index contributed by atoms with van der Waals surface area (Å²) in [5.41, 5.74) is 5.12. The van der Waals surface area contributed by atoms with Crippen LogP contribution in [0.5, 0.6) is 0 Å². The highest BCUT2D eigenvalue weighted by Crippen LogP contribution is 1.89. The highest BCUT2D eigenvalue weighted by molar-refractivity contribution is 4.53. The quantitative estimate of drug-likeness (QED) is 0.306. The lowest BCUT2D eigenvalue weighted by Gasteiger charge is -2.25. The first kappa shape index (κ1) is 6.91. The van der Waals surface area contributed by atoms with Gasteiger partial charge in [0.2, 0.25) is 0 Å². The molecule has 0 aromatic heterocycles. The molecule has 1 rings (SSSR count). The van der Waals surface area contributed by atoms with Crippen molar-refractivity contribution in [3.8, 4) is 0 Å². The average molecular weight is 132 g/mol. The first-order chi connectivity index (χ1) is 4.43. The van der Waals surface area contributed by atoms with Crippen molar-refractivity contribution in [3.05, 3.63) is 0 Å². The SMILES string of the molecule is NNNN1CCOCC1. The van der Waals surface area contributed by atoms with Crippen molar-refractivity contribution in [1.82, 2.24) is 16.1 Å². The van der Waals surface area contributed by atoms with Gasteiger partial charge in [0.15, 0.2) is 0 Å². The topological polar surface area (TPSA) is 62.5 Å². The van der Waals surface area contributed by atoms with Gasteiger partial charge in [0.05, 0.1) is 13.2 Å². The molecule has 1 heterocycles. The van der Waals surface area contributed by atoms with Crippen molar-refractivity contribution in [2.24, 2.45) is 5.84 Å². The fourth-order valence-electron chi connectivity index (χ4n) is 0.766. The molecule has 1 aliphatic rings.